The number of rotatable bonds is 1. The molecule has 1 N–H and O–H groups in total. The van der Waals surface area contributed by atoms with Crippen LogP contribution in [-0.2, 0) is 0 Å². The average molecular weight is 345 g/mol. The van der Waals surface area contributed by atoms with Crippen molar-refractivity contribution in [1.29, 1.82) is 0 Å². The second-order valence-corrected chi connectivity index (χ2v) is 6.50. The largest absolute Gasteiger partial charge is 0.374 e. The van der Waals surface area contributed by atoms with Gasteiger partial charge < -0.3 is 5.32 Å². The Balaban J connectivity index is 1.84. The van der Waals surface area contributed by atoms with Crippen molar-refractivity contribution < 1.29 is 4.39 Å². The lowest BCUT2D eigenvalue weighted by Gasteiger charge is -2.37. The summed E-state index contributed by atoms with van der Waals surface area (Å²) in [6.07, 6.45) is 7.18. The Labute approximate surface area is 131 Å². The van der Waals surface area contributed by atoms with Crippen molar-refractivity contribution in [2.24, 2.45) is 5.92 Å². The molecule has 2 nitrogen and oxygen atoms in total. The first-order valence-corrected chi connectivity index (χ1v) is 7.86. The molecular weight excluding hydrogens is 331 g/mol. The fourth-order valence-corrected chi connectivity index (χ4v) is 3.92. The standard InChI is InChI=1S/C17H14BrFN2/c18-10-8-13-11-4-3-5-12(11)17(15-6-1-2-7-20-15)21-16(13)14(19)9-10/h1-4,6-9,11-12,17,21H,5H2/t11-,12-,17+/m1/s1. The number of aromatic nitrogens is 1. The number of allylic oxidation sites excluding steroid dienone is 2. The Hall–Kier alpha value is -1.68. The lowest BCUT2D eigenvalue weighted by molar-refractivity contribution is 0.414. The average Bonchev–Trinajstić information content (AvgIpc) is 2.97. The molecule has 0 spiro atoms. The second kappa shape index (κ2) is 4.95. The fourth-order valence-electron chi connectivity index (χ4n) is 3.47. The summed E-state index contributed by atoms with van der Waals surface area (Å²) >= 11 is 3.39. The van der Waals surface area contributed by atoms with Crippen LogP contribution in [0.4, 0.5) is 10.1 Å². The molecule has 0 amide bonds. The fraction of sp³-hybridized carbons (Fsp3) is 0.235. The molecule has 0 saturated heterocycles. The van der Waals surface area contributed by atoms with E-state index in [4.69, 9.17) is 0 Å². The minimum Gasteiger partial charge on any atom is -0.374 e. The van der Waals surface area contributed by atoms with Crippen molar-refractivity contribution in [3.8, 4) is 0 Å². The van der Waals surface area contributed by atoms with Crippen molar-refractivity contribution in [3.63, 3.8) is 0 Å². The van der Waals surface area contributed by atoms with E-state index in [1.165, 1.54) is 6.07 Å². The summed E-state index contributed by atoms with van der Waals surface area (Å²) < 4.78 is 15.1. The summed E-state index contributed by atoms with van der Waals surface area (Å²) in [7, 11) is 0. The highest BCUT2D eigenvalue weighted by Gasteiger charge is 2.39. The van der Waals surface area contributed by atoms with E-state index in [9.17, 15) is 4.39 Å². The molecule has 0 bridgehead atoms. The van der Waals surface area contributed by atoms with Gasteiger partial charge in [0.1, 0.15) is 5.82 Å². The van der Waals surface area contributed by atoms with E-state index >= 15 is 0 Å². The van der Waals surface area contributed by atoms with Gasteiger partial charge in [-0.3, -0.25) is 4.98 Å². The van der Waals surface area contributed by atoms with Crippen molar-refractivity contribution in [3.05, 3.63) is 70.2 Å². The lowest BCUT2D eigenvalue weighted by Crippen LogP contribution is -2.30. The molecule has 1 aliphatic heterocycles. The predicted octanol–water partition coefficient (Wildman–Crippen LogP) is 4.81. The molecule has 1 aromatic heterocycles. The van der Waals surface area contributed by atoms with E-state index in [0.29, 0.717) is 11.6 Å². The van der Waals surface area contributed by atoms with Gasteiger partial charge in [-0.05, 0) is 42.2 Å². The van der Waals surface area contributed by atoms with Crippen molar-refractivity contribution in [1.82, 2.24) is 4.98 Å². The van der Waals surface area contributed by atoms with Gasteiger partial charge in [-0.1, -0.05) is 34.1 Å². The Morgan fingerprint density at radius 3 is 3.00 bits per heavy atom. The number of fused-ring (bicyclic) bond motifs is 3. The Bertz CT molecular complexity index is 714. The molecule has 4 heteroatoms. The molecule has 0 unspecified atom stereocenters. The zero-order valence-electron chi connectivity index (χ0n) is 11.3. The van der Waals surface area contributed by atoms with Crippen LogP contribution in [0.15, 0.2) is 53.2 Å². The number of halogens is 2. The Morgan fingerprint density at radius 2 is 2.19 bits per heavy atom. The van der Waals surface area contributed by atoms with Crippen molar-refractivity contribution >= 4 is 21.6 Å². The minimum atomic E-state index is -0.209. The minimum absolute atomic E-state index is 0.0503. The van der Waals surface area contributed by atoms with Crippen LogP contribution >= 0.6 is 15.9 Å². The van der Waals surface area contributed by atoms with E-state index < -0.39 is 0 Å². The van der Waals surface area contributed by atoms with Crippen LogP contribution in [0.3, 0.4) is 0 Å². The van der Waals surface area contributed by atoms with Crippen LogP contribution < -0.4 is 5.32 Å². The van der Waals surface area contributed by atoms with Gasteiger partial charge in [-0.25, -0.2) is 4.39 Å². The van der Waals surface area contributed by atoms with Gasteiger partial charge >= 0.3 is 0 Å². The van der Waals surface area contributed by atoms with E-state index in [1.807, 2.05) is 24.3 Å². The third-order valence-corrected chi connectivity index (χ3v) is 4.85. The molecule has 21 heavy (non-hydrogen) atoms. The summed E-state index contributed by atoms with van der Waals surface area (Å²) in [5.41, 5.74) is 2.62. The zero-order valence-corrected chi connectivity index (χ0v) is 12.8. The van der Waals surface area contributed by atoms with Crippen LogP contribution in [0.1, 0.15) is 29.6 Å². The number of nitrogens with one attached hydrogen (secondary N) is 1. The third-order valence-electron chi connectivity index (χ3n) is 4.39. The first-order chi connectivity index (χ1) is 10.2. The number of hydrogen-bond acceptors (Lipinski definition) is 2. The van der Waals surface area contributed by atoms with E-state index in [-0.39, 0.29) is 17.8 Å². The molecule has 1 aliphatic carbocycles. The number of anilines is 1. The SMILES string of the molecule is Fc1cc(Br)cc2c1N[C@H](c1ccccn1)[C@@H]1CC=C[C@@H]21. The molecule has 2 heterocycles. The summed E-state index contributed by atoms with van der Waals surface area (Å²) in [6, 6.07) is 9.48. The van der Waals surface area contributed by atoms with E-state index in [0.717, 1.165) is 22.2 Å². The quantitative estimate of drug-likeness (QED) is 0.751. The number of hydrogen-bond donors (Lipinski definition) is 1. The monoisotopic (exact) mass is 344 g/mol. The first kappa shape index (κ1) is 13.0. The van der Waals surface area contributed by atoms with Crippen LogP contribution in [-0.4, -0.2) is 4.98 Å². The maximum atomic E-state index is 14.3. The molecule has 3 atom stereocenters. The maximum Gasteiger partial charge on any atom is 0.147 e. The summed E-state index contributed by atoms with van der Waals surface area (Å²) in [5, 5.41) is 3.38. The number of nitrogens with zero attached hydrogens (tertiary/aromatic N) is 1. The molecule has 4 rings (SSSR count). The highest BCUT2D eigenvalue weighted by molar-refractivity contribution is 9.10. The highest BCUT2D eigenvalue weighted by Crippen LogP contribution is 2.50. The molecule has 0 fully saturated rings. The Kier molecular flexibility index (Phi) is 3.07. The van der Waals surface area contributed by atoms with Crippen LogP contribution in [0.2, 0.25) is 0 Å². The second-order valence-electron chi connectivity index (χ2n) is 5.58. The molecule has 0 saturated carbocycles. The smallest absolute Gasteiger partial charge is 0.147 e. The van der Waals surface area contributed by atoms with Crippen LogP contribution in [0.25, 0.3) is 0 Å². The Morgan fingerprint density at radius 1 is 1.29 bits per heavy atom. The number of pyridine rings is 1. The molecule has 106 valence electrons. The molecule has 2 aromatic rings. The van der Waals surface area contributed by atoms with E-state index in [2.05, 4.69) is 38.4 Å². The third kappa shape index (κ3) is 2.09. The molecular formula is C17H14BrFN2. The molecule has 2 aliphatic rings. The van der Waals surface area contributed by atoms with Crippen molar-refractivity contribution in [2.75, 3.05) is 5.32 Å². The normalized spacial score (nSPS) is 26.1. The van der Waals surface area contributed by atoms with Gasteiger partial charge in [-0.15, -0.1) is 0 Å². The highest BCUT2D eigenvalue weighted by atomic mass is 79.9. The van der Waals surface area contributed by atoms with Gasteiger partial charge in [0.25, 0.3) is 0 Å². The molecule has 0 radical (unpaired) electrons. The van der Waals surface area contributed by atoms with Gasteiger partial charge in [0.05, 0.1) is 17.4 Å². The number of benzene rings is 1. The van der Waals surface area contributed by atoms with Crippen molar-refractivity contribution in [2.45, 2.75) is 18.4 Å². The first-order valence-electron chi connectivity index (χ1n) is 7.07. The van der Waals surface area contributed by atoms with E-state index in [1.54, 1.807) is 6.20 Å². The van der Waals surface area contributed by atoms with Crippen LogP contribution in [0.5, 0.6) is 0 Å². The van der Waals surface area contributed by atoms with Gasteiger partial charge in [0, 0.05) is 16.6 Å². The molecule has 1 aromatic carbocycles. The van der Waals surface area contributed by atoms with Crippen LogP contribution in [0, 0.1) is 11.7 Å². The van der Waals surface area contributed by atoms with Gasteiger partial charge in [0.2, 0.25) is 0 Å². The topological polar surface area (TPSA) is 24.9 Å². The lowest BCUT2D eigenvalue weighted by atomic mass is 9.78. The summed E-state index contributed by atoms with van der Waals surface area (Å²) in [5.74, 6) is 0.431. The maximum absolute atomic E-state index is 14.3. The summed E-state index contributed by atoms with van der Waals surface area (Å²) in [6.45, 7) is 0. The summed E-state index contributed by atoms with van der Waals surface area (Å²) in [4.78, 5) is 4.46. The predicted molar refractivity (Wildman–Crippen MR) is 84.7 cm³/mol. The van der Waals surface area contributed by atoms with Gasteiger partial charge in [0.15, 0.2) is 0 Å². The van der Waals surface area contributed by atoms with Gasteiger partial charge in [-0.2, -0.15) is 0 Å². The zero-order chi connectivity index (χ0) is 14.4.